The molecule has 4 atom stereocenters. The molecule has 44 heavy (non-hydrogen) atoms. The Morgan fingerprint density at radius 2 is 0.523 bits per heavy atom. The van der Waals surface area contributed by atoms with Gasteiger partial charge < -0.3 is 0 Å². The van der Waals surface area contributed by atoms with E-state index in [0.29, 0.717) is 21.0 Å². The van der Waals surface area contributed by atoms with Crippen LogP contribution in [-0.2, 0) is 0 Å². The lowest BCUT2D eigenvalue weighted by Gasteiger charge is -2.30. The largest absolute Gasteiger partial charge is 0.145 e. The molecule has 0 aliphatic carbocycles. The van der Waals surface area contributed by atoms with E-state index >= 15 is 0 Å². The van der Waals surface area contributed by atoms with E-state index in [1.54, 1.807) is 45.3 Å². The molecule has 0 radical (unpaired) electrons. The number of hydrogen-bond donors (Lipinski definition) is 0. The Labute approximate surface area is 301 Å². The second-order valence-electron chi connectivity index (χ2n) is 9.85. The monoisotopic (exact) mass is 752 g/mol. The van der Waals surface area contributed by atoms with Gasteiger partial charge >= 0.3 is 0 Å². The van der Waals surface area contributed by atoms with Crippen LogP contribution in [-0.4, -0.2) is 0 Å². The van der Waals surface area contributed by atoms with E-state index in [-0.39, 0.29) is 0 Å². The zero-order valence-electron chi connectivity index (χ0n) is 22.9. The molecule has 2 aromatic heterocycles. The van der Waals surface area contributed by atoms with E-state index in [1.807, 2.05) is 47.0 Å². The van der Waals surface area contributed by atoms with Crippen LogP contribution in [0, 0.1) is 6.28 Å². The molecule has 0 saturated heterocycles. The summed E-state index contributed by atoms with van der Waals surface area (Å²) in [6.45, 7) is 0. The van der Waals surface area contributed by atoms with E-state index < -0.39 is 0 Å². The smallest absolute Gasteiger partial charge is 0.105 e. The normalized spacial score (nSPS) is 20.5. The minimum absolute atomic E-state index is 0.432. The average molecular weight is 753 g/mol. The van der Waals surface area contributed by atoms with Crippen molar-refractivity contribution >= 4 is 117 Å². The van der Waals surface area contributed by atoms with Gasteiger partial charge in [-0.3, -0.25) is 0 Å². The molecule has 4 heterocycles. The van der Waals surface area contributed by atoms with Gasteiger partial charge in [-0.05, 0) is 22.3 Å². The summed E-state index contributed by atoms with van der Waals surface area (Å²) in [6.07, 6.45) is 0. The first-order valence-electron chi connectivity index (χ1n) is 13.8. The fourth-order valence-corrected chi connectivity index (χ4v) is 19.0. The minimum Gasteiger partial charge on any atom is -0.105 e. The molecule has 0 spiro atoms. The van der Waals surface area contributed by atoms with Crippen LogP contribution in [0.15, 0.2) is 138 Å². The Bertz CT molecular complexity index is 1650. The second kappa shape index (κ2) is 14.7. The van der Waals surface area contributed by atoms with E-state index in [9.17, 15) is 0 Å². The van der Waals surface area contributed by atoms with Gasteiger partial charge in [0.25, 0.3) is 0 Å². The van der Waals surface area contributed by atoms with E-state index in [2.05, 4.69) is 121 Å². The zero-order valence-corrected chi connectivity index (χ0v) is 31.1. The minimum atomic E-state index is 0.432. The van der Waals surface area contributed by atoms with Crippen molar-refractivity contribution in [3.63, 3.8) is 0 Å². The third-order valence-electron chi connectivity index (χ3n) is 7.04. The summed E-state index contributed by atoms with van der Waals surface area (Å²) in [7, 11) is 0. The van der Waals surface area contributed by atoms with Crippen LogP contribution in [0.1, 0.15) is 43.3 Å². The van der Waals surface area contributed by atoms with Crippen molar-refractivity contribution in [2.45, 2.75) is 37.8 Å². The van der Waals surface area contributed by atoms with Gasteiger partial charge in [0.15, 0.2) is 0 Å². The molecule has 2 aliphatic heterocycles. The summed E-state index contributed by atoms with van der Waals surface area (Å²) in [5.41, 5.74) is 5.57. The maximum absolute atomic E-state index is 5.40. The standard InChI is InChI=1S/2C17H12S5/c2*18-17-21-15-16(22-17)20-14(12-9-5-2-6-10-12)13(19-15)11-7-3-1-4-8-11/h2*1-10,13-14H/t2*13-,14-/m10/s1. The molecule has 0 unspecified atom stereocenters. The number of fused-ring (bicyclic) bond motifs is 2. The van der Waals surface area contributed by atoms with E-state index in [4.69, 9.17) is 24.4 Å². The molecule has 0 saturated carbocycles. The van der Waals surface area contributed by atoms with Crippen LogP contribution in [0.4, 0.5) is 0 Å². The lowest BCUT2D eigenvalue weighted by molar-refractivity contribution is 0.897. The molecule has 0 N–H and O–H groups in total. The number of thioether (sulfide) groups is 4. The molecule has 0 amide bonds. The third-order valence-corrected chi connectivity index (χ3v) is 19.7. The van der Waals surface area contributed by atoms with Crippen LogP contribution in [0.2, 0.25) is 0 Å². The summed E-state index contributed by atoms with van der Waals surface area (Å²) in [4.78, 5) is 0. The van der Waals surface area contributed by atoms with E-state index in [1.165, 1.54) is 39.1 Å². The van der Waals surface area contributed by atoms with Gasteiger partial charge in [0.05, 0.1) is 37.8 Å². The van der Waals surface area contributed by atoms with Gasteiger partial charge in [-0.2, -0.15) is 0 Å². The average Bonchev–Trinajstić information content (AvgIpc) is 3.64. The first-order valence-corrected chi connectivity index (χ1v) is 21.4. The Kier molecular flexibility index (Phi) is 10.5. The topological polar surface area (TPSA) is 0 Å². The second-order valence-corrected chi connectivity index (χ2v) is 21.9. The van der Waals surface area contributed by atoms with Gasteiger partial charge in [-0.15, -0.1) is 92.4 Å². The van der Waals surface area contributed by atoms with Crippen LogP contribution in [0.3, 0.4) is 0 Å². The van der Waals surface area contributed by atoms with Crippen molar-refractivity contribution in [3.8, 4) is 0 Å². The molecule has 220 valence electrons. The first-order chi connectivity index (χ1) is 21.6. The summed E-state index contributed by atoms with van der Waals surface area (Å²) >= 11 is 25.7. The lowest BCUT2D eigenvalue weighted by atomic mass is 10.0. The Balaban J connectivity index is 0.000000142. The number of hydrogen-bond acceptors (Lipinski definition) is 10. The maximum atomic E-state index is 5.40. The fourth-order valence-electron chi connectivity index (χ4n) is 5.05. The third kappa shape index (κ3) is 7.20. The highest BCUT2D eigenvalue weighted by molar-refractivity contribution is 8.09. The van der Waals surface area contributed by atoms with Crippen LogP contribution in [0.5, 0.6) is 0 Å². The SMILES string of the molecule is S=c1sc2c(s1)S[C@@H](c1ccccc1)[C@H](c1ccccc1)S2.S=c1sc2c(s1)S[C@H](c1ccccc1)[C@@H](c1ccccc1)S2. The highest BCUT2D eigenvalue weighted by atomic mass is 32.2. The van der Waals surface area contributed by atoms with E-state index in [0.717, 1.165) is 6.28 Å². The summed E-state index contributed by atoms with van der Waals surface area (Å²) < 4.78 is 7.63. The lowest BCUT2D eigenvalue weighted by Crippen LogP contribution is -2.08. The van der Waals surface area contributed by atoms with Crippen molar-refractivity contribution < 1.29 is 0 Å². The van der Waals surface area contributed by atoms with Crippen molar-refractivity contribution in [2.24, 2.45) is 0 Å². The highest BCUT2D eigenvalue weighted by Gasteiger charge is 2.35. The van der Waals surface area contributed by atoms with Gasteiger partial charge in [0, 0.05) is 0 Å². The maximum Gasteiger partial charge on any atom is 0.145 e. The van der Waals surface area contributed by atoms with Crippen LogP contribution in [0.25, 0.3) is 0 Å². The zero-order chi connectivity index (χ0) is 29.9. The van der Waals surface area contributed by atoms with Gasteiger partial charge in [0.2, 0.25) is 0 Å². The molecule has 6 aromatic rings. The predicted molar refractivity (Wildman–Crippen MR) is 206 cm³/mol. The first kappa shape index (κ1) is 31.4. The summed E-state index contributed by atoms with van der Waals surface area (Å²) in [5.74, 6) is 0. The quantitative estimate of drug-likeness (QED) is 0.163. The molecule has 0 nitrogen and oxygen atoms in total. The molecule has 2 aliphatic rings. The van der Waals surface area contributed by atoms with Crippen molar-refractivity contribution in [1.29, 1.82) is 0 Å². The van der Waals surface area contributed by atoms with Gasteiger partial charge in [-0.1, -0.05) is 146 Å². The molecular weight excluding hydrogens is 729 g/mol. The number of rotatable bonds is 4. The molecule has 4 aromatic carbocycles. The van der Waals surface area contributed by atoms with Crippen molar-refractivity contribution in [2.75, 3.05) is 0 Å². The molecule has 8 rings (SSSR count). The predicted octanol–water partition coefficient (Wildman–Crippen LogP) is 14.4. The molecular formula is C34H24S10. The Morgan fingerprint density at radius 3 is 0.727 bits per heavy atom. The van der Waals surface area contributed by atoms with Crippen LogP contribution < -0.4 is 0 Å². The van der Waals surface area contributed by atoms with Crippen molar-refractivity contribution in [1.82, 2.24) is 0 Å². The number of benzene rings is 4. The van der Waals surface area contributed by atoms with Gasteiger partial charge in [0.1, 0.15) is 6.28 Å². The molecule has 10 heteroatoms. The van der Waals surface area contributed by atoms with Crippen molar-refractivity contribution in [3.05, 3.63) is 150 Å². The summed E-state index contributed by atoms with van der Waals surface area (Å²) in [5, 5.41) is 1.73. The molecule has 0 bridgehead atoms. The fraction of sp³-hybridized carbons (Fsp3) is 0.118. The van der Waals surface area contributed by atoms with Gasteiger partial charge in [-0.25, -0.2) is 0 Å². The molecule has 0 fully saturated rings. The Hall–Kier alpha value is -1.18. The highest BCUT2D eigenvalue weighted by Crippen LogP contribution is 2.63. The Morgan fingerprint density at radius 1 is 0.318 bits per heavy atom. The van der Waals surface area contributed by atoms with Crippen LogP contribution >= 0.6 is 117 Å². The summed E-state index contributed by atoms with van der Waals surface area (Å²) in [6, 6.07) is 43.3.